The summed E-state index contributed by atoms with van der Waals surface area (Å²) in [6, 6.07) is 5.06. The van der Waals surface area contributed by atoms with Crippen LogP contribution in [0.4, 0.5) is 11.4 Å². The van der Waals surface area contributed by atoms with Crippen LogP contribution in [0.1, 0.15) is 44.1 Å². The van der Waals surface area contributed by atoms with Gasteiger partial charge in [0.05, 0.1) is 25.1 Å². The number of carbonyl (C=O) groups excluding carboxylic acids is 1. The number of anilines is 1. The van der Waals surface area contributed by atoms with Crippen LogP contribution < -0.4 is 4.90 Å². The summed E-state index contributed by atoms with van der Waals surface area (Å²) in [6.45, 7) is 2.88. The zero-order chi connectivity index (χ0) is 22.3. The zero-order valence-corrected chi connectivity index (χ0v) is 18.6. The summed E-state index contributed by atoms with van der Waals surface area (Å²) in [5, 5.41) is 11.9. The van der Waals surface area contributed by atoms with Crippen molar-refractivity contribution in [2.45, 2.75) is 44.6 Å². The minimum Gasteiger partial charge on any atom is -0.469 e. The van der Waals surface area contributed by atoms with Crippen LogP contribution in [0.3, 0.4) is 0 Å². The van der Waals surface area contributed by atoms with E-state index in [0.29, 0.717) is 42.1 Å². The average Bonchev–Trinajstić information content (AvgIpc) is 2.71. The molecule has 1 heterocycles. The molecule has 0 spiro atoms. The fourth-order valence-corrected chi connectivity index (χ4v) is 5.39. The number of methoxy groups -OCH3 is 2. The Bertz CT molecular complexity index is 734. The van der Waals surface area contributed by atoms with Gasteiger partial charge in [-0.25, -0.2) is 0 Å². The van der Waals surface area contributed by atoms with Gasteiger partial charge >= 0.3 is 5.97 Å². The molecule has 1 aliphatic rings. The Morgan fingerprint density at radius 1 is 1.33 bits per heavy atom. The maximum absolute atomic E-state index is 11.9. The van der Waals surface area contributed by atoms with Crippen molar-refractivity contribution in [2.24, 2.45) is 0 Å². The number of nitro groups is 1. The molecule has 9 nitrogen and oxygen atoms in total. The quantitative estimate of drug-likeness (QED) is 0.315. The number of carbonyl (C=O) groups is 1. The maximum Gasteiger partial charge on any atom is 0.306 e. The smallest absolute Gasteiger partial charge is 0.306 e. The molecule has 0 amide bonds. The molecule has 0 saturated carbocycles. The van der Waals surface area contributed by atoms with Gasteiger partial charge in [-0.2, -0.15) is 10.6 Å². The summed E-state index contributed by atoms with van der Waals surface area (Å²) in [5.74, 6) is -0.118. The number of benzene rings is 1. The molecule has 0 aliphatic carbocycles. The summed E-state index contributed by atoms with van der Waals surface area (Å²) in [7, 11) is 0.293. The Morgan fingerprint density at radius 2 is 2.00 bits per heavy atom. The molecule has 1 saturated heterocycles. The van der Waals surface area contributed by atoms with E-state index in [1.165, 1.54) is 20.3 Å². The molecule has 0 radical (unpaired) electrons. The van der Waals surface area contributed by atoms with Crippen molar-refractivity contribution in [1.29, 1.82) is 0 Å². The highest BCUT2D eigenvalue weighted by Gasteiger charge is 2.32. The molecule has 10 heteroatoms. The first kappa shape index (κ1) is 24.4. The fourth-order valence-electron chi connectivity index (χ4n) is 3.89. The third-order valence-corrected chi connectivity index (χ3v) is 7.23. The third-order valence-electron chi connectivity index (χ3n) is 5.45. The molecule has 1 aliphatic heterocycles. The highest BCUT2D eigenvalue weighted by Crippen LogP contribution is 2.46. The summed E-state index contributed by atoms with van der Waals surface area (Å²) < 4.78 is 29.8. The molecular weight excluding hydrogens is 412 g/mol. The average molecular weight is 445 g/mol. The van der Waals surface area contributed by atoms with Crippen LogP contribution in [0.25, 0.3) is 0 Å². The Balaban J connectivity index is 2.38. The Morgan fingerprint density at radius 3 is 2.53 bits per heavy atom. The number of esters is 1. The van der Waals surface area contributed by atoms with Crippen LogP contribution in [0.5, 0.6) is 0 Å². The van der Waals surface area contributed by atoms with Gasteiger partial charge in [0, 0.05) is 43.2 Å². The maximum atomic E-state index is 11.9. The molecule has 0 aromatic heterocycles. The first-order chi connectivity index (χ1) is 14.2. The van der Waals surface area contributed by atoms with E-state index in [1.54, 1.807) is 12.1 Å². The van der Waals surface area contributed by atoms with Gasteiger partial charge < -0.3 is 14.4 Å². The van der Waals surface area contributed by atoms with Gasteiger partial charge in [-0.05, 0) is 30.9 Å². The summed E-state index contributed by atoms with van der Waals surface area (Å²) >= 11 is 0. The number of nitrogens with zero attached hydrogens (tertiary/aromatic N) is 2. The predicted molar refractivity (Wildman–Crippen MR) is 118 cm³/mol. The van der Waals surface area contributed by atoms with Crippen molar-refractivity contribution < 1.29 is 28.3 Å². The van der Waals surface area contributed by atoms with Crippen molar-refractivity contribution in [2.75, 3.05) is 43.8 Å². The van der Waals surface area contributed by atoms with E-state index < -0.39 is 21.5 Å². The van der Waals surface area contributed by atoms with Gasteiger partial charge in [0.1, 0.15) is 5.69 Å². The van der Waals surface area contributed by atoms with E-state index in [2.05, 4.69) is 0 Å². The SMILES string of the molecule is CCCN(c1ccc(C(COC)CC(=O)OC)cc1[N+](=O)[O-])C1CCS(O)(O)CC1. The van der Waals surface area contributed by atoms with E-state index in [0.717, 1.165) is 6.42 Å². The lowest BCUT2D eigenvalue weighted by atomic mass is 9.95. The Labute approximate surface area is 178 Å². The number of ether oxygens (including phenoxy) is 2. The number of hydrogen-bond donors (Lipinski definition) is 2. The van der Waals surface area contributed by atoms with Crippen molar-refractivity contribution >= 4 is 27.9 Å². The zero-order valence-electron chi connectivity index (χ0n) is 17.8. The number of nitro benzene ring substituents is 1. The van der Waals surface area contributed by atoms with Crippen LogP contribution in [-0.2, 0) is 14.3 Å². The van der Waals surface area contributed by atoms with Gasteiger partial charge in [-0.1, -0.05) is 13.0 Å². The molecule has 1 aromatic rings. The molecular formula is C20H32N2O7S. The molecule has 2 rings (SSSR count). The van der Waals surface area contributed by atoms with Crippen LogP contribution in [0.2, 0.25) is 0 Å². The van der Waals surface area contributed by atoms with E-state index in [1.807, 2.05) is 11.8 Å². The fraction of sp³-hybridized carbons (Fsp3) is 0.650. The van der Waals surface area contributed by atoms with E-state index >= 15 is 0 Å². The summed E-state index contributed by atoms with van der Waals surface area (Å²) in [4.78, 5) is 25.3. The first-order valence-corrected chi connectivity index (χ1v) is 11.9. The lowest BCUT2D eigenvalue weighted by Gasteiger charge is -2.43. The lowest BCUT2D eigenvalue weighted by molar-refractivity contribution is -0.384. The number of rotatable bonds is 10. The second-order valence-corrected chi connectivity index (χ2v) is 9.99. The van der Waals surface area contributed by atoms with Gasteiger partial charge in [-0.3, -0.25) is 24.0 Å². The topological polar surface area (TPSA) is 122 Å². The van der Waals surface area contributed by atoms with Gasteiger partial charge in [0.15, 0.2) is 0 Å². The van der Waals surface area contributed by atoms with Crippen LogP contribution >= 0.6 is 10.6 Å². The molecule has 1 fully saturated rings. The molecule has 1 atom stereocenters. The van der Waals surface area contributed by atoms with E-state index in [4.69, 9.17) is 9.47 Å². The minimum absolute atomic E-state index is 0.0132. The predicted octanol–water partition coefficient (Wildman–Crippen LogP) is 4.02. The molecule has 30 heavy (non-hydrogen) atoms. The minimum atomic E-state index is -2.53. The molecule has 0 bridgehead atoms. The van der Waals surface area contributed by atoms with E-state index in [-0.39, 0.29) is 30.7 Å². The standard InChI is InChI=1S/C20H32N2O7S/c1-4-9-21(17-7-10-30(26,27)11-8-17)18-6-5-15(12-19(18)22(24)25)16(14-28-2)13-20(23)29-3/h5-6,12,16-17,26-27H,4,7-11,13-14H2,1-3H3. The van der Waals surface area contributed by atoms with E-state index in [9.17, 15) is 24.0 Å². The monoisotopic (exact) mass is 444 g/mol. The lowest BCUT2D eigenvalue weighted by Crippen LogP contribution is -2.41. The molecule has 170 valence electrons. The highest BCUT2D eigenvalue weighted by molar-refractivity contribution is 8.24. The molecule has 1 unspecified atom stereocenters. The largest absolute Gasteiger partial charge is 0.469 e. The normalized spacial score (nSPS) is 18.4. The third kappa shape index (κ3) is 6.31. The summed E-state index contributed by atoms with van der Waals surface area (Å²) in [6.07, 6.45) is 2.03. The van der Waals surface area contributed by atoms with Gasteiger partial charge in [-0.15, -0.1) is 0 Å². The second-order valence-electron chi connectivity index (χ2n) is 7.57. The van der Waals surface area contributed by atoms with Gasteiger partial charge in [0.2, 0.25) is 0 Å². The van der Waals surface area contributed by atoms with Gasteiger partial charge in [0.25, 0.3) is 5.69 Å². The van der Waals surface area contributed by atoms with Crippen molar-refractivity contribution in [3.63, 3.8) is 0 Å². The Hall–Kier alpha value is -1.88. The molecule has 2 N–H and O–H groups in total. The van der Waals surface area contributed by atoms with Crippen LogP contribution in [0.15, 0.2) is 18.2 Å². The second kappa shape index (κ2) is 10.9. The summed E-state index contributed by atoms with van der Waals surface area (Å²) in [5.41, 5.74) is 1.14. The number of hydrogen-bond acceptors (Lipinski definition) is 8. The highest BCUT2D eigenvalue weighted by atomic mass is 32.3. The Kier molecular flexibility index (Phi) is 8.90. The van der Waals surface area contributed by atoms with Crippen LogP contribution in [-0.4, -0.2) is 64.9 Å². The first-order valence-electron chi connectivity index (χ1n) is 10.1. The van der Waals surface area contributed by atoms with Crippen LogP contribution in [0, 0.1) is 10.1 Å². The van der Waals surface area contributed by atoms with Crippen molar-refractivity contribution in [3.8, 4) is 0 Å². The van der Waals surface area contributed by atoms with Crippen molar-refractivity contribution in [1.82, 2.24) is 0 Å². The van der Waals surface area contributed by atoms with Crippen molar-refractivity contribution in [3.05, 3.63) is 33.9 Å². The molecule has 1 aromatic carbocycles.